The van der Waals surface area contributed by atoms with E-state index in [0.717, 1.165) is 28.3 Å². The van der Waals surface area contributed by atoms with Crippen LogP contribution in [0.3, 0.4) is 0 Å². The molecule has 0 amide bonds. The molecule has 34 nitrogen and oxygen atoms in total. The number of rotatable bonds is 35. The molecule has 0 radical (unpaired) electrons. The Bertz CT molecular complexity index is 4120. The molecule has 0 spiro atoms. The van der Waals surface area contributed by atoms with Gasteiger partial charge in [-0.15, -0.1) is 0 Å². The Hall–Kier alpha value is -3.64. The Balaban J connectivity index is 0.000000320. The highest BCUT2D eigenvalue weighted by Crippen LogP contribution is 2.47. The molecule has 696 valence electrons. The van der Waals surface area contributed by atoms with Gasteiger partial charge in [0.15, 0.2) is 0 Å². The van der Waals surface area contributed by atoms with E-state index < -0.39 is 148 Å². The highest BCUT2D eigenvalue weighted by atomic mass is 31.2. The van der Waals surface area contributed by atoms with Crippen LogP contribution in [0.4, 0.5) is 0 Å². The Kier molecular flexibility index (Phi) is 45.5. The largest absolute Gasteiger partial charge is 0.386 e. The van der Waals surface area contributed by atoms with E-state index in [4.69, 9.17) is 111 Å². The lowest BCUT2D eigenvalue weighted by molar-refractivity contribution is -0.0694. The zero-order valence-corrected chi connectivity index (χ0v) is 78.2. The summed E-state index contributed by atoms with van der Waals surface area (Å²) in [5.41, 5.74) is 2.61. The molecule has 6 heterocycles. The van der Waals surface area contributed by atoms with Crippen LogP contribution in [0.25, 0.3) is 0 Å². The van der Waals surface area contributed by atoms with Crippen LogP contribution in [0.1, 0.15) is 124 Å². The van der Waals surface area contributed by atoms with E-state index in [-0.39, 0.29) is 97.7 Å². The molecule has 0 aliphatic carbocycles. The summed E-state index contributed by atoms with van der Waals surface area (Å²) in [7, 11) is -14.0. The Morgan fingerprint density at radius 2 is 0.607 bits per heavy atom. The number of ether oxygens (including phenoxy) is 18. The van der Waals surface area contributed by atoms with Gasteiger partial charge < -0.3 is 135 Å². The van der Waals surface area contributed by atoms with Crippen molar-refractivity contribution in [3.8, 4) is 0 Å². The second kappa shape index (κ2) is 53.5. The molecule has 122 heavy (non-hydrogen) atoms. The van der Waals surface area contributed by atoms with Gasteiger partial charge in [0.1, 0.15) is 141 Å². The molecule has 6 aliphatic heterocycles. The summed E-state index contributed by atoms with van der Waals surface area (Å²) in [5.74, 6) is 2.60. The molecular formula is C82H134O34P6. The Morgan fingerprint density at radius 1 is 0.344 bits per heavy atom. The Morgan fingerprint density at radius 3 is 0.869 bits per heavy atom. The predicted octanol–water partition coefficient (Wildman–Crippen LogP) is 12.1. The second-order valence-corrected chi connectivity index (χ2v) is 41.7. The van der Waals surface area contributed by atoms with Crippen molar-refractivity contribution in [3.63, 3.8) is 0 Å². The molecule has 3 aromatic carbocycles. The molecule has 0 aromatic heterocycles. The number of hydrogen-bond acceptors (Lipinski definition) is 26. The van der Waals surface area contributed by atoms with Crippen LogP contribution in [0, 0.1) is 0 Å². The lowest BCUT2D eigenvalue weighted by Crippen LogP contribution is -2.36. The zero-order chi connectivity index (χ0) is 95.2. The normalized spacial score (nSPS) is 31.6. The van der Waals surface area contributed by atoms with Gasteiger partial charge in [-0.2, -0.15) is 0 Å². The fourth-order valence-corrected chi connectivity index (χ4v) is 15.5. The van der Waals surface area contributed by atoms with Crippen LogP contribution < -0.4 is 0 Å². The summed E-state index contributed by atoms with van der Waals surface area (Å²) in [6.07, 6.45) is -6.29. The highest BCUT2D eigenvalue weighted by molar-refractivity contribution is 7.61. The van der Waals surface area contributed by atoms with E-state index in [1.165, 1.54) is 51.3 Å². The van der Waals surface area contributed by atoms with Crippen LogP contribution in [0.2, 0.25) is 0 Å². The third kappa shape index (κ3) is 39.8. The monoisotopic (exact) mass is 1850 g/mol. The van der Waals surface area contributed by atoms with E-state index in [1.807, 2.05) is 160 Å². The molecule has 6 fully saturated rings. The van der Waals surface area contributed by atoms with Crippen LogP contribution in [0.5, 0.6) is 0 Å². The average molecular weight is 1850 g/mol. The number of hydrogen-bond donors (Lipinski definition) is 10. The first-order valence-corrected chi connectivity index (χ1v) is 50.9. The van der Waals surface area contributed by atoms with E-state index in [9.17, 15) is 56.8 Å². The van der Waals surface area contributed by atoms with Gasteiger partial charge in [0.05, 0.1) is 61.9 Å². The molecule has 9 rings (SSSR count). The topological polar surface area (TPSA) is 471 Å². The minimum absolute atomic E-state index is 0.00372. The molecule has 6 saturated heterocycles. The summed E-state index contributed by atoms with van der Waals surface area (Å²) in [4.78, 5) is 73.6. The van der Waals surface area contributed by atoms with Gasteiger partial charge in [0.25, 0.3) is 0 Å². The molecule has 25 atom stereocenters. The first-order valence-electron chi connectivity index (χ1n) is 41.5. The van der Waals surface area contributed by atoms with Gasteiger partial charge in [-0.05, 0) is 148 Å². The maximum atomic E-state index is 11.9. The van der Waals surface area contributed by atoms with Crippen molar-refractivity contribution in [3.05, 3.63) is 179 Å². The van der Waals surface area contributed by atoms with Crippen LogP contribution in [-0.4, -0.2) is 284 Å². The first-order chi connectivity index (χ1) is 58.8. The first kappa shape index (κ1) is 104. The van der Waals surface area contributed by atoms with Crippen molar-refractivity contribution >= 4 is 44.7 Å². The van der Waals surface area contributed by atoms with Crippen LogP contribution in [-0.2, 0) is 113 Å². The Labute approximate surface area is 724 Å². The van der Waals surface area contributed by atoms with Gasteiger partial charge in [-0.25, -0.2) is 0 Å². The SMILES string of the molecule is CO[C@@H]1[C@H](OC(C)C)[C@@H](/C=C/P(C)(=O)O)O[C@H]1c1ccccc1.CO[C@H]1CO[C@H](/C=C/P(=O)(O)CO)[C@H]1OC(C)C.CO[C@H]1CO[C@H](/C=C/P(=O)(O)O)[C@H]1OC(C)C.CO[C@H]1CO[C@H](/C=C/P(C)(=O)O)[C@H]1OC(C)C.[2H]/C(=C(/[2H])P(=O)(O)CO)[C@H]1O[C@@H](c2ccccc2)[C@H](OC)[C@@H]1OC(C)C.[2H]/C(=C(/[2H])P(=O)(O)O)[C@H]1O[C@@H](c2ccccc2)[C@H](OC)[C@@H]1OC(C)C. The van der Waals surface area contributed by atoms with Gasteiger partial charge in [-0.1, -0.05) is 91.0 Å². The zero-order valence-electron chi connectivity index (χ0n) is 76.9. The third-order valence-corrected chi connectivity index (χ3v) is 22.3. The van der Waals surface area contributed by atoms with Crippen molar-refractivity contribution in [1.82, 2.24) is 0 Å². The summed E-state index contributed by atoms with van der Waals surface area (Å²) in [6, 6.07) is 27.2. The second-order valence-electron chi connectivity index (χ2n) is 30.6. The number of aliphatic hydroxyl groups is 2. The minimum Gasteiger partial charge on any atom is -0.386 e. The summed E-state index contributed by atoms with van der Waals surface area (Å²) >= 11 is 0. The van der Waals surface area contributed by atoms with Gasteiger partial charge >= 0.3 is 15.2 Å². The van der Waals surface area contributed by atoms with Gasteiger partial charge in [0, 0.05) is 79.2 Å². The lowest BCUT2D eigenvalue weighted by Gasteiger charge is -2.24. The number of aliphatic hydroxyl groups excluding tert-OH is 2. The maximum absolute atomic E-state index is 11.9. The van der Waals surface area contributed by atoms with Crippen LogP contribution >= 0.6 is 44.7 Å². The minimum atomic E-state index is -4.86. The molecular weight excluding hydrogens is 1710 g/mol. The fraction of sp³-hybridized carbons (Fsp3) is 0.634. The predicted molar refractivity (Wildman–Crippen MR) is 460 cm³/mol. The molecule has 3 aromatic rings. The quantitative estimate of drug-likeness (QED) is 0.0245. The van der Waals surface area contributed by atoms with E-state index in [2.05, 4.69) is 0 Å². The summed E-state index contributed by atoms with van der Waals surface area (Å²) < 4.78 is 201. The number of methoxy groups -OCH3 is 6. The summed E-state index contributed by atoms with van der Waals surface area (Å²) in [5, 5.41) is 17.8. The third-order valence-electron chi connectivity index (χ3n) is 18.0. The fourth-order valence-electron chi connectivity index (χ4n) is 12.9. The molecule has 40 heteroatoms. The van der Waals surface area contributed by atoms with E-state index in [1.54, 1.807) is 54.4 Å². The van der Waals surface area contributed by atoms with Crippen molar-refractivity contribution in [1.29, 1.82) is 0 Å². The molecule has 0 bridgehead atoms. The lowest BCUT2D eigenvalue weighted by atomic mass is 10.0. The highest BCUT2D eigenvalue weighted by Gasteiger charge is 2.50. The standard InChI is InChI=1S/C17H25O6P.C17H25O5P.C16H23O6P.C11H21O6P.C11H21O5P.C10H19O6P/c1-12(2)22-16-14(9-10-24(19,20)11-18)23-15(17(16)21-3)13-7-5-4-6-8-13;1-12(2)21-16-14(10-11-23(4,18)19)22-15(17(16)20-3)13-8-6-5-7-9-13;1-11(2)21-15-13(9-10-23(17,18)19)22-14(16(15)20-3)12-7-5-4-6-8-12;1-8(2)17-11-9(16-6-10(11)15-3)4-5-18(13,14)7-12;1-8(2)16-11-9(5-6-17(4,12)13)15-7-10(11)14-3;1-7(2)16-10-8(4-5-17(11,12)13)15-6-9(10)14-3/h4-10,12,14-18H,11H2,1-3H3,(H,19,20);5-12,14-17H,1-4H3,(H,18,19);4-11,13-16H,1-3H3,(H2,17,18,19);4-5,8-12H,6-7H2,1-3H3,(H,13,14);5-6,8-11H,7H2,1-4H3,(H,12,13);4-5,7-10H,6H2,1-3H3,(H2,11,12,13)/b10-9+;11-10+;10-9+;5-4+;6-5+;5-4+/t2*14-,15+,16-,17+;13-,14+,15-,16+;2*9-,10+,11-;8-,9+,10-/m111111/s1/i9D,10D;;9D,10D;;;. The molecule has 6 aliphatic rings. The molecule has 0 saturated carbocycles. The molecule has 10 N–H and O–H groups in total. The van der Waals surface area contributed by atoms with Crippen LogP contribution in [0.15, 0.2) is 162 Å². The van der Waals surface area contributed by atoms with E-state index >= 15 is 0 Å². The van der Waals surface area contributed by atoms with Gasteiger partial charge in [0.2, 0.25) is 29.5 Å². The van der Waals surface area contributed by atoms with Crippen molar-refractivity contribution < 1.29 is 167 Å². The van der Waals surface area contributed by atoms with Crippen molar-refractivity contribution in [2.75, 3.05) is 88.5 Å². The van der Waals surface area contributed by atoms with Gasteiger partial charge in [-0.3, -0.25) is 27.4 Å². The van der Waals surface area contributed by atoms with Crippen molar-refractivity contribution in [2.24, 2.45) is 0 Å². The smallest absolute Gasteiger partial charge is 0.348 e. The average Bonchev–Trinajstić information content (AvgIpc) is 1.63. The number of benzene rings is 3. The van der Waals surface area contributed by atoms with Crippen molar-refractivity contribution in [2.45, 2.75) is 248 Å². The molecule has 4 unspecified atom stereocenters. The van der Waals surface area contributed by atoms with E-state index in [0.29, 0.717) is 19.8 Å². The maximum Gasteiger partial charge on any atom is 0.348 e. The summed E-state index contributed by atoms with van der Waals surface area (Å²) in [6.45, 7) is 26.3.